The number of aromatic nitrogens is 1. The van der Waals surface area contributed by atoms with Crippen LogP contribution in [-0.2, 0) is 19.0 Å². The molecule has 0 saturated carbocycles. The number of esters is 1. The number of hydrogen-bond donors (Lipinski definition) is 0. The fourth-order valence-corrected chi connectivity index (χ4v) is 6.45. The van der Waals surface area contributed by atoms with Crippen LogP contribution in [0.1, 0.15) is 52.0 Å². The van der Waals surface area contributed by atoms with Gasteiger partial charge in [0.15, 0.2) is 6.23 Å². The molecule has 1 aromatic rings. The summed E-state index contributed by atoms with van der Waals surface area (Å²) in [5, 5.41) is 9.83. The Bertz CT molecular complexity index is 1560. The first-order valence-electron chi connectivity index (χ1n) is 15.8. The van der Waals surface area contributed by atoms with E-state index in [2.05, 4.69) is 55.1 Å². The standard InChI is InChI=1S/C33H41N9O4/c1-22-9-12-38-42-20-27(45-21-33(2,3)46-31(43)10-11-37-39-34)14-28(32(22)42)24-6-7-29(35-16-24)40-18-25-13-26(19-40)41(25)17-23-5-8-30(44-4)36-15-23/h5-7,12,14-16,20,25-26,30H,8-11,13,17-19,21H2,1-4H3. The normalized spacial score (nSPS) is 23.9. The Morgan fingerprint density at radius 3 is 2.76 bits per heavy atom. The molecular formula is C33H41N9O4. The van der Waals surface area contributed by atoms with Crippen LogP contribution < -0.4 is 4.90 Å². The highest BCUT2D eigenvalue weighted by atomic mass is 16.6. The van der Waals surface area contributed by atoms with Gasteiger partial charge in [0.1, 0.15) is 23.8 Å². The Kier molecular flexibility index (Phi) is 9.25. The highest BCUT2D eigenvalue weighted by Gasteiger charge is 2.45. The van der Waals surface area contributed by atoms with Crippen molar-refractivity contribution < 1.29 is 19.0 Å². The van der Waals surface area contributed by atoms with Crippen molar-refractivity contribution in [2.45, 2.75) is 70.4 Å². The van der Waals surface area contributed by atoms with Gasteiger partial charge in [-0.25, -0.2) is 9.99 Å². The van der Waals surface area contributed by atoms with Crippen LogP contribution in [-0.4, -0.2) is 97.1 Å². The highest BCUT2D eigenvalue weighted by Crippen LogP contribution is 2.38. The molecule has 0 radical (unpaired) electrons. The van der Waals surface area contributed by atoms with E-state index in [-0.39, 0.29) is 25.8 Å². The number of azide groups is 1. The van der Waals surface area contributed by atoms with Gasteiger partial charge < -0.3 is 19.1 Å². The number of pyridine rings is 1. The largest absolute Gasteiger partial charge is 0.488 e. The number of nitrogens with zero attached hydrogens (tertiary/aromatic N) is 9. The quantitative estimate of drug-likeness (QED) is 0.137. The number of methoxy groups -OCH3 is 1. The van der Waals surface area contributed by atoms with E-state index in [1.807, 2.05) is 35.9 Å². The molecule has 7 rings (SSSR count). The van der Waals surface area contributed by atoms with E-state index in [9.17, 15) is 4.79 Å². The number of carbonyl (C=O) groups is 1. The fraction of sp³-hybridized carbons (Fsp3) is 0.515. The molecule has 7 heterocycles. The summed E-state index contributed by atoms with van der Waals surface area (Å²) in [5.74, 6) is 1.13. The Labute approximate surface area is 269 Å². The maximum absolute atomic E-state index is 12.2. The first-order chi connectivity index (χ1) is 22.2. The van der Waals surface area contributed by atoms with Gasteiger partial charge >= 0.3 is 5.97 Å². The summed E-state index contributed by atoms with van der Waals surface area (Å²) in [6.07, 6.45) is 14.7. The molecule has 3 atom stereocenters. The van der Waals surface area contributed by atoms with Gasteiger partial charge in [-0.1, -0.05) is 11.2 Å². The third-order valence-electron chi connectivity index (χ3n) is 8.84. The molecule has 2 bridgehead atoms. The SMILES string of the molecule is COC1CC=C(CN2C3CC2CN(c2ccc(C4=CC(OCC(C)(C)OC(=O)CCN=[N+]=[N-])=CN5N=CCC(C)=C45)cn2)C3)C=N1. The summed E-state index contributed by atoms with van der Waals surface area (Å²) in [7, 11) is 1.70. The molecule has 13 heteroatoms. The average Bonchev–Trinajstić information content (AvgIpc) is 3.06. The Morgan fingerprint density at radius 1 is 1.24 bits per heavy atom. The molecule has 0 N–H and O–H groups in total. The van der Waals surface area contributed by atoms with Crippen LogP contribution in [0.2, 0.25) is 0 Å². The molecule has 3 unspecified atom stereocenters. The number of hydrazone groups is 1. The summed E-state index contributed by atoms with van der Waals surface area (Å²) in [4.78, 5) is 29.3. The van der Waals surface area contributed by atoms with Crippen molar-refractivity contribution in [3.63, 3.8) is 0 Å². The molecular weight excluding hydrogens is 586 g/mol. The lowest BCUT2D eigenvalue weighted by Gasteiger charge is -2.57. The zero-order valence-electron chi connectivity index (χ0n) is 26.9. The van der Waals surface area contributed by atoms with Gasteiger partial charge in [-0.05, 0) is 62.1 Å². The van der Waals surface area contributed by atoms with Gasteiger partial charge in [0, 0.05) is 92.9 Å². The minimum atomic E-state index is -0.887. The number of aliphatic imine (C=N–C) groups is 1. The Balaban J connectivity index is 1.11. The van der Waals surface area contributed by atoms with E-state index in [1.54, 1.807) is 21.0 Å². The number of rotatable bonds is 12. The predicted molar refractivity (Wildman–Crippen MR) is 176 cm³/mol. The minimum Gasteiger partial charge on any atom is -0.488 e. The molecule has 3 fully saturated rings. The number of anilines is 1. The van der Waals surface area contributed by atoms with Gasteiger partial charge in [0.05, 0.1) is 18.3 Å². The lowest BCUT2D eigenvalue weighted by molar-refractivity contribution is -0.160. The lowest BCUT2D eigenvalue weighted by atomic mass is 9.86. The van der Waals surface area contributed by atoms with Crippen LogP contribution in [0.3, 0.4) is 0 Å². The topological polar surface area (TPSA) is 141 Å². The molecule has 0 aromatic carbocycles. The molecule has 6 aliphatic heterocycles. The van der Waals surface area contributed by atoms with Gasteiger partial charge in [0.25, 0.3) is 0 Å². The number of piperidine rings is 1. The zero-order valence-corrected chi connectivity index (χ0v) is 26.9. The van der Waals surface area contributed by atoms with E-state index in [1.165, 1.54) is 17.6 Å². The summed E-state index contributed by atoms with van der Waals surface area (Å²) >= 11 is 0. The molecule has 6 aliphatic rings. The second kappa shape index (κ2) is 13.5. The number of allylic oxidation sites excluding steroid dienone is 3. The van der Waals surface area contributed by atoms with E-state index >= 15 is 0 Å². The van der Waals surface area contributed by atoms with Crippen LogP contribution >= 0.6 is 0 Å². The second-order valence-electron chi connectivity index (χ2n) is 12.8. The van der Waals surface area contributed by atoms with E-state index in [0.29, 0.717) is 17.8 Å². The summed E-state index contributed by atoms with van der Waals surface area (Å²) in [5.41, 5.74) is 13.0. The van der Waals surface area contributed by atoms with E-state index in [0.717, 1.165) is 55.1 Å². The summed E-state index contributed by atoms with van der Waals surface area (Å²) in [6, 6.07) is 5.25. The first kappa shape index (κ1) is 31.5. The van der Waals surface area contributed by atoms with Crippen molar-refractivity contribution in [2.75, 3.05) is 44.8 Å². The van der Waals surface area contributed by atoms with Gasteiger partial charge in [-0.2, -0.15) is 5.10 Å². The fourth-order valence-electron chi connectivity index (χ4n) is 6.45. The second-order valence-corrected chi connectivity index (χ2v) is 12.8. The van der Waals surface area contributed by atoms with Gasteiger partial charge in [-0.3, -0.25) is 14.7 Å². The van der Waals surface area contributed by atoms with Crippen molar-refractivity contribution in [3.05, 3.63) is 75.3 Å². The number of carbonyl (C=O) groups excluding carboxylic acids is 1. The van der Waals surface area contributed by atoms with E-state index in [4.69, 9.17) is 24.7 Å². The monoisotopic (exact) mass is 627 g/mol. The van der Waals surface area contributed by atoms with Crippen molar-refractivity contribution in [2.24, 2.45) is 15.2 Å². The summed E-state index contributed by atoms with van der Waals surface area (Å²) in [6.45, 7) is 8.71. The molecule has 3 saturated heterocycles. The van der Waals surface area contributed by atoms with Crippen molar-refractivity contribution >= 4 is 29.8 Å². The smallest absolute Gasteiger partial charge is 0.306 e. The van der Waals surface area contributed by atoms with Crippen molar-refractivity contribution in [3.8, 4) is 0 Å². The zero-order chi connectivity index (χ0) is 32.3. The Hall–Kier alpha value is -4.45. The third kappa shape index (κ3) is 7.01. The van der Waals surface area contributed by atoms with Crippen LogP contribution in [0.4, 0.5) is 5.82 Å². The number of dihydropyridines is 1. The van der Waals surface area contributed by atoms with Crippen molar-refractivity contribution in [1.29, 1.82) is 0 Å². The molecule has 0 amide bonds. The van der Waals surface area contributed by atoms with Crippen LogP contribution in [0.25, 0.3) is 16.0 Å². The summed E-state index contributed by atoms with van der Waals surface area (Å²) < 4.78 is 17.1. The average molecular weight is 628 g/mol. The predicted octanol–water partition coefficient (Wildman–Crippen LogP) is 4.96. The number of piperazine rings is 1. The van der Waals surface area contributed by atoms with E-state index < -0.39 is 11.6 Å². The lowest BCUT2D eigenvalue weighted by Crippen LogP contribution is -2.69. The molecule has 46 heavy (non-hydrogen) atoms. The highest BCUT2D eigenvalue weighted by molar-refractivity contribution is 5.84. The molecule has 0 spiro atoms. The van der Waals surface area contributed by atoms with Crippen LogP contribution in [0.5, 0.6) is 0 Å². The first-order valence-corrected chi connectivity index (χ1v) is 15.8. The van der Waals surface area contributed by atoms with Gasteiger partial charge in [-0.15, -0.1) is 0 Å². The number of fused-ring (bicyclic) bond motifs is 3. The maximum Gasteiger partial charge on any atom is 0.306 e. The number of ether oxygens (including phenoxy) is 3. The molecule has 13 nitrogen and oxygen atoms in total. The maximum atomic E-state index is 12.2. The molecule has 0 aliphatic carbocycles. The Morgan fingerprint density at radius 2 is 2.07 bits per heavy atom. The van der Waals surface area contributed by atoms with Gasteiger partial charge in [0.2, 0.25) is 0 Å². The molecule has 1 aromatic heterocycles. The molecule has 242 valence electrons. The minimum absolute atomic E-state index is 0.0133. The number of hydrogen-bond acceptors (Lipinski definition) is 11. The van der Waals surface area contributed by atoms with Crippen LogP contribution in [0, 0.1) is 0 Å². The van der Waals surface area contributed by atoms with Crippen molar-refractivity contribution in [1.82, 2.24) is 14.9 Å². The third-order valence-corrected chi connectivity index (χ3v) is 8.84. The van der Waals surface area contributed by atoms with Crippen LogP contribution in [0.15, 0.2) is 74.5 Å².